The molecular weight excluding hydrogens is 274 g/mol. The number of aryl methyl sites for hydroxylation is 1. The molecule has 0 radical (unpaired) electrons. The van der Waals surface area contributed by atoms with Gasteiger partial charge in [0.15, 0.2) is 5.82 Å². The van der Waals surface area contributed by atoms with Crippen LogP contribution in [0.4, 0.5) is 0 Å². The molecule has 0 N–H and O–H groups in total. The average Bonchev–Trinajstić information content (AvgIpc) is 2.80. The number of nitrogens with zero attached hydrogens (tertiary/aromatic N) is 3. The van der Waals surface area contributed by atoms with Gasteiger partial charge in [0, 0.05) is 18.0 Å². The zero-order valence-electron chi connectivity index (χ0n) is 11.6. The van der Waals surface area contributed by atoms with Gasteiger partial charge in [0.1, 0.15) is 11.6 Å². The zero-order valence-corrected chi connectivity index (χ0v) is 12.4. The highest BCUT2D eigenvalue weighted by Crippen LogP contribution is 2.32. The van der Waals surface area contributed by atoms with Gasteiger partial charge in [-0.15, -0.1) is 10.2 Å². The van der Waals surface area contributed by atoms with Crippen molar-refractivity contribution in [2.75, 3.05) is 7.11 Å². The van der Waals surface area contributed by atoms with Gasteiger partial charge in [-0.25, -0.2) is 0 Å². The van der Waals surface area contributed by atoms with Gasteiger partial charge >= 0.3 is 0 Å². The van der Waals surface area contributed by atoms with Gasteiger partial charge < -0.3 is 9.30 Å². The Hall–Kier alpha value is -1.55. The highest BCUT2D eigenvalue weighted by molar-refractivity contribution is 6.30. The minimum absolute atomic E-state index is 0.665. The van der Waals surface area contributed by atoms with Crippen molar-refractivity contribution in [3.05, 3.63) is 29.0 Å². The molecule has 2 heterocycles. The van der Waals surface area contributed by atoms with Gasteiger partial charge in [-0.2, -0.15) is 0 Å². The van der Waals surface area contributed by atoms with Crippen molar-refractivity contribution >= 4 is 11.6 Å². The van der Waals surface area contributed by atoms with E-state index in [1.165, 1.54) is 25.7 Å². The molecule has 1 aliphatic rings. The maximum atomic E-state index is 6.03. The molecule has 1 aliphatic heterocycles. The molecule has 0 amide bonds. The molecule has 4 nitrogen and oxygen atoms in total. The van der Waals surface area contributed by atoms with Crippen molar-refractivity contribution < 1.29 is 4.74 Å². The molecule has 106 valence electrons. The highest BCUT2D eigenvalue weighted by atomic mass is 35.5. The summed E-state index contributed by atoms with van der Waals surface area (Å²) in [5.74, 6) is 2.71. The number of rotatable bonds is 2. The van der Waals surface area contributed by atoms with Crippen LogP contribution in [-0.2, 0) is 13.0 Å². The van der Waals surface area contributed by atoms with Gasteiger partial charge in [-0.05, 0) is 31.0 Å². The van der Waals surface area contributed by atoms with Crippen LogP contribution in [0.5, 0.6) is 5.75 Å². The monoisotopic (exact) mass is 291 g/mol. The van der Waals surface area contributed by atoms with Crippen molar-refractivity contribution in [2.24, 2.45) is 0 Å². The second kappa shape index (κ2) is 5.83. The van der Waals surface area contributed by atoms with E-state index in [9.17, 15) is 0 Å². The van der Waals surface area contributed by atoms with Crippen LogP contribution < -0.4 is 4.74 Å². The van der Waals surface area contributed by atoms with E-state index in [0.29, 0.717) is 5.02 Å². The molecule has 3 rings (SSSR count). The number of hydrogen-bond donors (Lipinski definition) is 0. The summed E-state index contributed by atoms with van der Waals surface area (Å²) in [4.78, 5) is 0. The largest absolute Gasteiger partial charge is 0.496 e. The van der Waals surface area contributed by atoms with Crippen LogP contribution in [0.2, 0.25) is 5.02 Å². The fourth-order valence-electron chi connectivity index (χ4n) is 2.71. The Labute approximate surface area is 123 Å². The van der Waals surface area contributed by atoms with E-state index in [2.05, 4.69) is 14.8 Å². The molecule has 0 fully saturated rings. The van der Waals surface area contributed by atoms with Crippen molar-refractivity contribution in [3.8, 4) is 17.1 Å². The van der Waals surface area contributed by atoms with E-state index >= 15 is 0 Å². The fourth-order valence-corrected chi connectivity index (χ4v) is 2.87. The Morgan fingerprint density at radius 1 is 1.15 bits per heavy atom. The summed E-state index contributed by atoms with van der Waals surface area (Å²) in [5, 5.41) is 9.40. The van der Waals surface area contributed by atoms with E-state index in [1.54, 1.807) is 7.11 Å². The molecule has 0 spiro atoms. The van der Waals surface area contributed by atoms with E-state index < -0.39 is 0 Å². The quantitative estimate of drug-likeness (QED) is 0.846. The molecular formula is C15H18ClN3O. The molecule has 20 heavy (non-hydrogen) atoms. The molecule has 0 atom stereocenters. The summed E-state index contributed by atoms with van der Waals surface area (Å²) in [7, 11) is 1.65. The fraction of sp³-hybridized carbons (Fsp3) is 0.467. The van der Waals surface area contributed by atoms with Gasteiger partial charge in [-0.3, -0.25) is 0 Å². The van der Waals surface area contributed by atoms with Gasteiger partial charge in [0.2, 0.25) is 0 Å². The topological polar surface area (TPSA) is 39.9 Å². The standard InChI is InChI=1S/C15H18ClN3O/c1-20-13-10-11(16)7-8-12(13)15-18-17-14-6-4-2-3-5-9-19(14)15/h7-8,10H,2-6,9H2,1H3. The number of ether oxygens (including phenoxy) is 1. The Balaban J connectivity index is 2.06. The van der Waals surface area contributed by atoms with E-state index in [1.807, 2.05) is 18.2 Å². The third-order valence-electron chi connectivity index (χ3n) is 3.76. The third kappa shape index (κ3) is 2.52. The molecule has 0 unspecified atom stereocenters. The first kappa shape index (κ1) is 13.4. The maximum absolute atomic E-state index is 6.03. The molecule has 1 aromatic heterocycles. The van der Waals surface area contributed by atoms with E-state index in [4.69, 9.17) is 16.3 Å². The molecule has 0 aliphatic carbocycles. The molecule has 2 aromatic rings. The number of hydrogen-bond acceptors (Lipinski definition) is 3. The Morgan fingerprint density at radius 2 is 2.00 bits per heavy atom. The lowest BCUT2D eigenvalue weighted by atomic mass is 10.1. The second-order valence-corrected chi connectivity index (χ2v) is 5.54. The summed E-state index contributed by atoms with van der Waals surface area (Å²) in [6, 6.07) is 5.64. The zero-order chi connectivity index (χ0) is 13.9. The molecule has 0 saturated heterocycles. The summed E-state index contributed by atoms with van der Waals surface area (Å²) in [5.41, 5.74) is 0.955. The van der Waals surface area contributed by atoms with Crippen molar-refractivity contribution in [1.82, 2.24) is 14.8 Å². The van der Waals surface area contributed by atoms with Crippen LogP contribution in [0.15, 0.2) is 18.2 Å². The van der Waals surface area contributed by atoms with Crippen molar-refractivity contribution in [2.45, 2.75) is 38.6 Å². The lowest BCUT2D eigenvalue weighted by molar-refractivity contribution is 0.415. The second-order valence-electron chi connectivity index (χ2n) is 5.10. The molecule has 5 heteroatoms. The van der Waals surface area contributed by atoms with Crippen LogP contribution in [-0.4, -0.2) is 21.9 Å². The van der Waals surface area contributed by atoms with Crippen LogP contribution in [0.1, 0.15) is 31.5 Å². The first-order valence-electron chi connectivity index (χ1n) is 7.05. The number of fused-ring (bicyclic) bond motifs is 1. The minimum atomic E-state index is 0.665. The predicted octanol–water partition coefficient (Wildman–Crippen LogP) is 3.72. The Morgan fingerprint density at radius 3 is 2.85 bits per heavy atom. The predicted molar refractivity (Wildman–Crippen MR) is 79.2 cm³/mol. The van der Waals surface area contributed by atoms with Crippen LogP contribution >= 0.6 is 11.6 Å². The van der Waals surface area contributed by atoms with Gasteiger partial charge in [-0.1, -0.05) is 24.4 Å². The summed E-state index contributed by atoms with van der Waals surface area (Å²) >= 11 is 6.03. The van der Waals surface area contributed by atoms with Gasteiger partial charge in [0.25, 0.3) is 0 Å². The summed E-state index contributed by atoms with van der Waals surface area (Å²) in [6.45, 7) is 0.976. The molecule has 0 bridgehead atoms. The van der Waals surface area contributed by atoms with Crippen molar-refractivity contribution in [1.29, 1.82) is 0 Å². The lowest BCUT2D eigenvalue weighted by Gasteiger charge is -2.14. The summed E-state index contributed by atoms with van der Waals surface area (Å²) in [6.07, 6.45) is 5.92. The number of aromatic nitrogens is 3. The molecule has 1 aromatic carbocycles. The third-order valence-corrected chi connectivity index (χ3v) is 4.00. The van der Waals surface area contributed by atoms with Crippen LogP contribution in [0.3, 0.4) is 0 Å². The first-order chi connectivity index (χ1) is 9.79. The van der Waals surface area contributed by atoms with Gasteiger partial charge in [0.05, 0.1) is 12.7 Å². The Kier molecular flexibility index (Phi) is 3.92. The maximum Gasteiger partial charge on any atom is 0.167 e. The van der Waals surface area contributed by atoms with Crippen molar-refractivity contribution in [3.63, 3.8) is 0 Å². The smallest absolute Gasteiger partial charge is 0.167 e. The SMILES string of the molecule is COc1cc(Cl)ccc1-c1nnc2n1CCCCCC2. The number of benzene rings is 1. The minimum Gasteiger partial charge on any atom is -0.496 e. The normalized spacial score (nSPS) is 15.3. The lowest BCUT2D eigenvalue weighted by Crippen LogP contribution is -2.09. The van der Waals surface area contributed by atoms with Crippen LogP contribution in [0.25, 0.3) is 11.4 Å². The average molecular weight is 292 g/mol. The van der Waals surface area contributed by atoms with Crippen LogP contribution in [0, 0.1) is 0 Å². The Bertz CT molecular complexity index is 609. The first-order valence-corrected chi connectivity index (χ1v) is 7.43. The summed E-state index contributed by atoms with van der Waals surface area (Å²) < 4.78 is 7.66. The highest BCUT2D eigenvalue weighted by Gasteiger charge is 2.18. The number of halogens is 1. The van der Waals surface area contributed by atoms with E-state index in [-0.39, 0.29) is 0 Å². The number of methoxy groups -OCH3 is 1. The van der Waals surface area contributed by atoms with E-state index in [0.717, 1.165) is 35.9 Å². The molecule has 0 saturated carbocycles.